The Morgan fingerprint density at radius 2 is 2.00 bits per heavy atom. The van der Waals surface area contributed by atoms with Gasteiger partial charge in [-0.1, -0.05) is 25.3 Å². The van der Waals surface area contributed by atoms with Crippen molar-refractivity contribution in [1.29, 1.82) is 0 Å². The van der Waals surface area contributed by atoms with E-state index in [1.165, 1.54) is 0 Å². The van der Waals surface area contributed by atoms with Gasteiger partial charge in [0.1, 0.15) is 0 Å². The average Bonchev–Trinajstić information content (AvgIpc) is 1.78. The molecule has 2 heteroatoms. The molecule has 10 heavy (non-hydrogen) atoms. The summed E-state index contributed by atoms with van der Waals surface area (Å²) in [4.78, 5) is 0. The molecule has 0 aliphatic carbocycles. The molecule has 0 aromatic rings. The summed E-state index contributed by atoms with van der Waals surface area (Å²) in [6, 6.07) is 0. The summed E-state index contributed by atoms with van der Waals surface area (Å²) in [6.45, 7) is 7.00. The predicted octanol–water partition coefficient (Wildman–Crippen LogP) is 1.96. The van der Waals surface area contributed by atoms with Crippen LogP contribution in [0.2, 0.25) is 19.6 Å². The molecule has 0 aliphatic rings. The molecule has 0 atom stereocenters. The number of aliphatic hydroxyl groups excluding tert-OH is 1. The number of rotatable bonds is 3. The SMILES string of the molecule is C[Si](C)(C)C=C=CCCO. The van der Waals surface area contributed by atoms with E-state index in [0.29, 0.717) is 0 Å². The maximum atomic E-state index is 8.42. The Hall–Kier alpha value is -0.303. The highest BCUT2D eigenvalue weighted by atomic mass is 28.3. The molecule has 0 aliphatic heterocycles. The fourth-order valence-corrected chi connectivity index (χ4v) is 1.07. The Balaban J connectivity index is 3.74. The monoisotopic (exact) mass is 156 g/mol. The van der Waals surface area contributed by atoms with Gasteiger partial charge in [0.25, 0.3) is 0 Å². The molecule has 1 N–H and O–H groups in total. The molecule has 0 radical (unpaired) electrons. The van der Waals surface area contributed by atoms with Crippen LogP contribution in [0, 0.1) is 0 Å². The third kappa shape index (κ3) is 7.70. The lowest BCUT2D eigenvalue weighted by Crippen LogP contribution is -2.14. The van der Waals surface area contributed by atoms with Crippen LogP contribution >= 0.6 is 0 Å². The summed E-state index contributed by atoms with van der Waals surface area (Å²) in [5.41, 5.74) is 5.22. The molecule has 0 aromatic carbocycles. The van der Waals surface area contributed by atoms with Crippen LogP contribution < -0.4 is 0 Å². The lowest BCUT2D eigenvalue weighted by Gasteiger charge is -2.04. The first kappa shape index (κ1) is 9.70. The van der Waals surface area contributed by atoms with E-state index in [4.69, 9.17) is 5.11 Å². The van der Waals surface area contributed by atoms with Gasteiger partial charge in [0.2, 0.25) is 0 Å². The molecule has 1 nitrogen and oxygen atoms in total. The molecule has 0 rings (SSSR count). The maximum Gasteiger partial charge on any atom is 0.0781 e. The Bertz CT molecular complexity index is 138. The lowest BCUT2D eigenvalue weighted by molar-refractivity contribution is 0.302. The van der Waals surface area contributed by atoms with Gasteiger partial charge in [-0.3, -0.25) is 0 Å². The third-order valence-corrected chi connectivity index (χ3v) is 1.94. The zero-order valence-electron chi connectivity index (χ0n) is 7.02. The summed E-state index contributed by atoms with van der Waals surface area (Å²) >= 11 is 0. The highest BCUT2D eigenvalue weighted by Gasteiger charge is 2.05. The van der Waals surface area contributed by atoms with E-state index in [1.807, 2.05) is 6.08 Å². The fourth-order valence-electron chi connectivity index (χ4n) is 0.457. The fraction of sp³-hybridized carbons (Fsp3) is 0.625. The van der Waals surface area contributed by atoms with Gasteiger partial charge in [-0.15, -0.1) is 5.73 Å². The van der Waals surface area contributed by atoms with Gasteiger partial charge in [0.05, 0.1) is 8.07 Å². The second-order valence-corrected chi connectivity index (χ2v) is 8.41. The van der Waals surface area contributed by atoms with Crippen LogP contribution in [0.5, 0.6) is 0 Å². The molecule has 0 saturated carbocycles. The average molecular weight is 156 g/mol. The molecule has 0 amide bonds. The Morgan fingerprint density at radius 1 is 1.40 bits per heavy atom. The van der Waals surface area contributed by atoms with Crippen molar-refractivity contribution < 1.29 is 5.11 Å². The summed E-state index contributed by atoms with van der Waals surface area (Å²) < 4.78 is 0. The first-order chi connectivity index (χ1) is 4.56. The van der Waals surface area contributed by atoms with Crippen molar-refractivity contribution in [3.63, 3.8) is 0 Å². The van der Waals surface area contributed by atoms with Gasteiger partial charge < -0.3 is 5.11 Å². The van der Waals surface area contributed by atoms with E-state index in [2.05, 4.69) is 31.1 Å². The zero-order valence-corrected chi connectivity index (χ0v) is 8.02. The van der Waals surface area contributed by atoms with Crippen LogP contribution in [0.25, 0.3) is 0 Å². The quantitative estimate of drug-likeness (QED) is 0.489. The van der Waals surface area contributed by atoms with Crippen LogP contribution in [0.3, 0.4) is 0 Å². The summed E-state index contributed by atoms with van der Waals surface area (Å²) in [7, 11) is -1.06. The third-order valence-electron chi connectivity index (χ3n) is 0.908. The van der Waals surface area contributed by atoms with Gasteiger partial charge in [0, 0.05) is 6.61 Å². The van der Waals surface area contributed by atoms with Crippen LogP contribution in [-0.4, -0.2) is 19.8 Å². The van der Waals surface area contributed by atoms with E-state index < -0.39 is 8.07 Å². The van der Waals surface area contributed by atoms with Gasteiger partial charge in [-0.2, -0.15) is 0 Å². The van der Waals surface area contributed by atoms with Crippen molar-refractivity contribution in [2.24, 2.45) is 0 Å². The molecular formula is C8H16OSi. The van der Waals surface area contributed by atoms with Crippen molar-refractivity contribution in [2.45, 2.75) is 26.1 Å². The highest BCUT2D eigenvalue weighted by Crippen LogP contribution is 1.99. The minimum absolute atomic E-state index is 0.229. The molecule has 0 unspecified atom stereocenters. The predicted molar refractivity (Wildman–Crippen MR) is 47.7 cm³/mol. The second-order valence-electron chi connectivity index (χ2n) is 3.39. The molecule has 0 aromatic heterocycles. The summed E-state index contributed by atoms with van der Waals surface area (Å²) in [6.07, 6.45) is 2.61. The molecule has 0 saturated heterocycles. The molecule has 0 bridgehead atoms. The van der Waals surface area contributed by atoms with Gasteiger partial charge >= 0.3 is 0 Å². The van der Waals surface area contributed by atoms with E-state index >= 15 is 0 Å². The topological polar surface area (TPSA) is 20.2 Å². The smallest absolute Gasteiger partial charge is 0.0781 e. The molecule has 0 fully saturated rings. The van der Waals surface area contributed by atoms with Gasteiger partial charge in [0.15, 0.2) is 0 Å². The zero-order chi connectivity index (χ0) is 8.04. The summed E-state index contributed by atoms with van der Waals surface area (Å²) in [5, 5.41) is 8.42. The first-order valence-corrected chi connectivity index (χ1v) is 7.17. The van der Waals surface area contributed by atoms with Crippen LogP contribution in [0.15, 0.2) is 17.5 Å². The Kier molecular flexibility index (Phi) is 4.37. The lowest BCUT2D eigenvalue weighted by atomic mass is 10.4. The minimum atomic E-state index is -1.06. The largest absolute Gasteiger partial charge is 0.396 e. The minimum Gasteiger partial charge on any atom is -0.396 e. The van der Waals surface area contributed by atoms with Crippen LogP contribution in [0.4, 0.5) is 0 Å². The van der Waals surface area contributed by atoms with Crippen molar-refractivity contribution >= 4 is 8.07 Å². The Morgan fingerprint density at radius 3 is 2.40 bits per heavy atom. The van der Waals surface area contributed by atoms with E-state index in [9.17, 15) is 0 Å². The van der Waals surface area contributed by atoms with Crippen molar-refractivity contribution in [2.75, 3.05) is 6.61 Å². The molecule has 0 heterocycles. The van der Waals surface area contributed by atoms with Gasteiger partial charge in [-0.05, 0) is 12.5 Å². The number of hydrogen-bond donors (Lipinski definition) is 1. The first-order valence-electron chi connectivity index (χ1n) is 3.59. The summed E-state index contributed by atoms with van der Waals surface area (Å²) in [5.74, 6) is 0. The number of aliphatic hydroxyl groups is 1. The van der Waals surface area contributed by atoms with Crippen molar-refractivity contribution in [1.82, 2.24) is 0 Å². The van der Waals surface area contributed by atoms with E-state index in [1.54, 1.807) is 0 Å². The number of hydrogen-bond acceptors (Lipinski definition) is 1. The second kappa shape index (κ2) is 4.50. The van der Waals surface area contributed by atoms with Crippen LogP contribution in [-0.2, 0) is 0 Å². The van der Waals surface area contributed by atoms with E-state index in [0.717, 1.165) is 6.42 Å². The molecule has 0 spiro atoms. The Labute approximate surface area is 64.1 Å². The van der Waals surface area contributed by atoms with Gasteiger partial charge in [-0.25, -0.2) is 0 Å². The molecule has 58 valence electrons. The standard InChI is InChI=1S/C8H16OSi/c1-10(2,3)8-6-4-5-7-9/h4,8-9H,5,7H2,1-3H3. The maximum absolute atomic E-state index is 8.42. The van der Waals surface area contributed by atoms with Crippen molar-refractivity contribution in [3.8, 4) is 0 Å². The highest BCUT2D eigenvalue weighted by molar-refractivity contribution is 6.80. The van der Waals surface area contributed by atoms with Crippen LogP contribution in [0.1, 0.15) is 6.42 Å². The molecular weight excluding hydrogens is 140 g/mol. The van der Waals surface area contributed by atoms with Crippen molar-refractivity contribution in [3.05, 3.63) is 17.5 Å². The van der Waals surface area contributed by atoms with E-state index in [-0.39, 0.29) is 6.61 Å². The normalized spacial score (nSPS) is 10.4.